The molecule has 1 rings (SSSR count). The van der Waals surface area contributed by atoms with E-state index in [-0.39, 0.29) is 12.0 Å². The summed E-state index contributed by atoms with van der Waals surface area (Å²) in [5, 5.41) is 3.12. The zero-order valence-corrected chi connectivity index (χ0v) is 9.40. The molecule has 0 aromatic rings. The summed E-state index contributed by atoms with van der Waals surface area (Å²) in [6.07, 6.45) is -1.34. The number of rotatable bonds is 3. The molecule has 3 unspecified atom stereocenters. The van der Waals surface area contributed by atoms with Crippen LogP contribution in [0.15, 0.2) is 0 Å². The molecule has 0 aromatic carbocycles. The van der Waals surface area contributed by atoms with Crippen molar-refractivity contribution >= 4 is 0 Å². The second kappa shape index (κ2) is 5.19. The summed E-state index contributed by atoms with van der Waals surface area (Å²) in [5.74, 6) is -1.33. The van der Waals surface area contributed by atoms with Crippen molar-refractivity contribution in [3.63, 3.8) is 0 Å². The van der Waals surface area contributed by atoms with Crippen LogP contribution in [-0.4, -0.2) is 18.8 Å². The van der Waals surface area contributed by atoms with E-state index in [0.717, 1.165) is 19.4 Å². The van der Waals surface area contributed by atoms with E-state index in [9.17, 15) is 13.2 Å². The minimum atomic E-state index is -4.02. The predicted molar refractivity (Wildman–Crippen MR) is 54.6 cm³/mol. The van der Waals surface area contributed by atoms with Crippen molar-refractivity contribution in [3.8, 4) is 0 Å². The molecule has 0 saturated heterocycles. The van der Waals surface area contributed by atoms with E-state index in [0.29, 0.717) is 12.8 Å². The maximum Gasteiger partial charge on any atom is 0.392 e. The molecule has 0 heterocycles. The van der Waals surface area contributed by atoms with E-state index >= 15 is 0 Å². The number of nitrogens with one attached hydrogen (secondary N) is 1. The Morgan fingerprint density at radius 2 is 1.87 bits per heavy atom. The van der Waals surface area contributed by atoms with Crippen LogP contribution in [0.1, 0.15) is 39.5 Å². The van der Waals surface area contributed by atoms with Crippen LogP contribution in [-0.2, 0) is 0 Å². The number of alkyl halides is 3. The molecule has 90 valence electrons. The Morgan fingerprint density at radius 1 is 1.27 bits per heavy atom. The lowest BCUT2D eigenvalue weighted by Gasteiger charge is -2.37. The third-order valence-electron chi connectivity index (χ3n) is 3.41. The highest BCUT2D eigenvalue weighted by Crippen LogP contribution is 2.42. The number of hydrogen-bond acceptors (Lipinski definition) is 1. The summed E-state index contributed by atoms with van der Waals surface area (Å²) < 4.78 is 38.3. The third-order valence-corrected chi connectivity index (χ3v) is 3.41. The van der Waals surface area contributed by atoms with Crippen LogP contribution in [0.25, 0.3) is 0 Å². The summed E-state index contributed by atoms with van der Waals surface area (Å²) in [7, 11) is 0. The van der Waals surface area contributed by atoms with Gasteiger partial charge in [0.25, 0.3) is 0 Å². The van der Waals surface area contributed by atoms with Gasteiger partial charge < -0.3 is 5.32 Å². The zero-order valence-electron chi connectivity index (χ0n) is 9.40. The Morgan fingerprint density at radius 3 is 2.40 bits per heavy atom. The SMILES string of the molecule is CCNC(C)C1CCCCC1C(F)(F)F. The van der Waals surface area contributed by atoms with Crippen molar-refractivity contribution in [2.75, 3.05) is 6.54 Å². The molecule has 4 heteroatoms. The molecular weight excluding hydrogens is 203 g/mol. The van der Waals surface area contributed by atoms with Gasteiger partial charge in [0.15, 0.2) is 0 Å². The summed E-state index contributed by atoms with van der Waals surface area (Å²) in [5.41, 5.74) is 0. The van der Waals surface area contributed by atoms with E-state index < -0.39 is 12.1 Å². The Hall–Kier alpha value is -0.250. The Bertz CT molecular complexity index is 191. The maximum atomic E-state index is 12.8. The first kappa shape index (κ1) is 12.8. The first-order valence-electron chi connectivity index (χ1n) is 5.77. The van der Waals surface area contributed by atoms with Crippen molar-refractivity contribution in [2.45, 2.75) is 51.7 Å². The fourth-order valence-corrected chi connectivity index (χ4v) is 2.64. The van der Waals surface area contributed by atoms with Gasteiger partial charge in [-0.15, -0.1) is 0 Å². The van der Waals surface area contributed by atoms with Gasteiger partial charge in [0.1, 0.15) is 0 Å². The van der Waals surface area contributed by atoms with Crippen LogP contribution in [0.4, 0.5) is 13.2 Å². The minimum absolute atomic E-state index is 0.0260. The summed E-state index contributed by atoms with van der Waals surface area (Å²) in [6.45, 7) is 4.54. The smallest absolute Gasteiger partial charge is 0.314 e. The molecule has 0 amide bonds. The standard InChI is InChI=1S/C11H20F3N/c1-3-15-8(2)9-6-4-5-7-10(9)11(12,13)14/h8-10,15H,3-7H2,1-2H3. The van der Waals surface area contributed by atoms with Gasteiger partial charge in [-0.3, -0.25) is 0 Å². The van der Waals surface area contributed by atoms with Crippen LogP contribution in [0.2, 0.25) is 0 Å². The molecule has 0 bridgehead atoms. The average Bonchev–Trinajstić information content (AvgIpc) is 2.17. The highest BCUT2D eigenvalue weighted by atomic mass is 19.4. The fourth-order valence-electron chi connectivity index (χ4n) is 2.64. The van der Waals surface area contributed by atoms with E-state index in [1.54, 1.807) is 0 Å². The first-order chi connectivity index (χ1) is 6.96. The van der Waals surface area contributed by atoms with Crippen molar-refractivity contribution in [3.05, 3.63) is 0 Å². The molecular formula is C11H20F3N. The third kappa shape index (κ3) is 3.37. The molecule has 0 radical (unpaired) electrons. The molecule has 15 heavy (non-hydrogen) atoms. The van der Waals surface area contributed by atoms with E-state index in [1.165, 1.54) is 0 Å². The molecule has 0 spiro atoms. The van der Waals surface area contributed by atoms with Crippen molar-refractivity contribution in [2.24, 2.45) is 11.8 Å². The molecule has 1 aliphatic carbocycles. The second-order valence-corrected chi connectivity index (χ2v) is 4.44. The molecule has 0 aliphatic heterocycles. The monoisotopic (exact) mass is 223 g/mol. The second-order valence-electron chi connectivity index (χ2n) is 4.44. The number of halogens is 3. The average molecular weight is 223 g/mol. The van der Waals surface area contributed by atoms with Crippen LogP contribution in [0, 0.1) is 11.8 Å². The Labute approximate surface area is 89.4 Å². The zero-order chi connectivity index (χ0) is 11.5. The van der Waals surface area contributed by atoms with Crippen molar-refractivity contribution in [1.29, 1.82) is 0 Å². The van der Waals surface area contributed by atoms with Gasteiger partial charge in [-0.2, -0.15) is 13.2 Å². The molecule has 1 N–H and O–H groups in total. The van der Waals surface area contributed by atoms with E-state index in [1.807, 2.05) is 13.8 Å². The van der Waals surface area contributed by atoms with Gasteiger partial charge in [0, 0.05) is 6.04 Å². The first-order valence-corrected chi connectivity index (χ1v) is 5.77. The van der Waals surface area contributed by atoms with Gasteiger partial charge in [0.2, 0.25) is 0 Å². The fraction of sp³-hybridized carbons (Fsp3) is 1.00. The van der Waals surface area contributed by atoms with Crippen molar-refractivity contribution in [1.82, 2.24) is 5.32 Å². The summed E-state index contributed by atoms with van der Waals surface area (Å²) >= 11 is 0. The molecule has 1 fully saturated rings. The van der Waals surface area contributed by atoms with Crippen LogP contribution < -0.4 is 5.32 Å². The molecule has 3 atom stereocenters. The lowest BCUT2D eigenvalue weighted by molar-refractivity contribution is -0.198. The van der Waals surface area contributed by atoms with Gasteiger partial charge >= 0.3 is 6.18 Å². The molecule has 1 saturated carbocycles. The Kier molecular flexibility index (Phi) is 4.44. The largest absolute Gasteiger partial charge is 0.392 e. The predicted octanol–water partition coefficient (Wildman–Crippen LogP) is 3.35. The Balaban J connectivity index is 2.65. The highest BCUT2D eigenvalue weighted by Gasteiger charge is 2.46. The highest BCUT2D eigenvalue weighted by molar-refractivity contribution is 4.86. The molecule has 1 nitrogen and oxygen atoms in total. The summed E-state index contributed by atoms with van der Waals surface area (Å²) in [4.78, 5) is 0. The van der Waals surface area contributed by atoms with Crippen LogP contribution in [0.5, 0.6) is 0 Å². The summed E-state index contributed by atoms with van der Waals surface area (Å²) in [6, 6.07) is -0.0260. The molecule has 1 aliphatic rings. The van der Waals surface area contributed by atoms with Gasteiger partial charge in [-0.25, -0.2) is 0 Å². The van der Waals surface area contributed by atoms with Crippen LogP contribution in [0.3, 0.4) is 0 Å². The van der Waals surface area contributed by atoms with E-state index in [4.69, 9.17) is 0 Å². The normalized spacial score (nSPS) is 30.2. The lowest BCUT2D eigenvalue weighted by Crippen LogP contribution is -2.44. The molecule has 0 aromatic heterocycles. The van der Waals surface area contributed by atoms with Gasteiger partial charge in [-0.1, -0.05) is 19.8 Å². The van der Waals surface area contributed by atoms with Crippen molar-refractivity contribution < 1.29 is 13.2 Å². The lowest BCUT2D eigenvalue weighted by atomic mass is 9.75. The van der Waals surface area contributed by atoms with Gasteiger partial charge in [-0.05, 0) is 32.2 Å². The van der Waals surface area contributed by atoms with Gasteiger partial charge in [0.05, 0.1) is 5.92 Å². The van der Waals surface area contributed by atoms with Crippen LogP contribution >= 0.6 is 0 Å². The van der Waals surface area contributed by atoms with E-state index in [2.05, 4.69) is 5.32 Å². The quantitative estimate of drug-likeness (QED) is 0.773. The number of hydrogen-bond donors (Lipinski definition) is 1. The maximum absolute atomic E-state index is 12.8. The minimum Gasteiger partial charge on any atom is -0.314 e. The topological polar surface area (TPSA) is 12.0 Å².